The van der Waals surface area contributed by atoms with E-state index in [1.807, 2.05) is 12.1 Å². The van der Waals surface area contributed by atoms with Gasteiger partial charge in [-0.25, -0.2) is 0 Å². The summed E-state index contributed by atoms with van der Waals surface area (Å²) in [6.45, 7) is 10.3. The van der Waals surface area contributed by atoms with Crippen molar-refractivity contribution in [2.24, 2.45) is 5.92 Å². The maximum absolute atomic E-state index is 12.4. The van der Waals surface area contributed by atoms with Gasteiger partial charge in [0.2, 0.25) is 0 Å². The van der Waals surface area contributed by atoms with E-state index in [2.05, 4.69) is 34.2 Å². The zero-order valence-corrected chi connectivity index (χ0v) is 15.6. The molecule has 2 aromatic rings. The lowest BCUT2D eigenvalue weighted by Crippen LogP contribution is -2.48. The van der Waals surface area contributed by atoms with Gasteiger partial charge >= 0.3 is 0 Å². The summed E-state index contributed by atoms with van der Waals surface area (Å²) in [5, 5.41) is 6.74. The van der Waals surface area contributed by atoms with Crippen LogP contribution in [0.3, 0.4) is 0 Å². The van der Waals surface area contributed by atoms with E-state index in [1.54, 1.807) is 19.1 Å². The Morgan fingerprint density at radius 3 is 2.77 bits per heavy atom. The zero-order valence-electron chi connectivity index (χ0n) is 15.6. The fourth-order valence-corrected chi connectivity index (χ4v) is 3.07. The van der Waals surface area contributed by atoms with Crippen LogP contribution in [0.1, 0.15) is 30.0 Å². The first-order chi connectivity index (χ1) is 12.5. The number of rotatable bonds is 6. The predicted octanol–water partition coefficient (Wildman–Crippen LogP) is 2.13. The molecule has 1 aromatic carbocycles. The summed E-state index contributed by atoms with van der Waals surface area (Å²) in [6, 6.07) is 7.14. The highest BCUT2D eigenvalue weighted by Crippen LogP contribution is 2.17. The van der Waals surface area contributed by atoms with E-state index in [-0.39, 0.29) is 12.0 Å². The van der Waals surface area contributed by atoms with Crippen molar-refractivity contribution in [2.75, 3.05) is 32.8 Å². The van der Waals surface area contributed by atoms with E-state index in [1.165, 1.54) is 0 Å². The van der Waals surface area contributed by atoms with Crippen LogP contribution in [0.4, 0.5) is 0 Å². The van der Waals surface area contributed by atoms with Gasteiger partial charge in [-0.3, -0.25) is 9.69 Å². The molecule has 7 nitrogen and oxygen atoms in total. The highest BCUT2D eigenvalue weighted by molar-refractivity contribution is 5.94. The minimum absolute atomic E-state index is 0.0343. The molecule has 1 unspecified atom stereocenters. The van der Waals surface area contributed by atoms with Crippen LogP contribution in [0.5, 0.6) is 0 Å². The quantitative estimate of drug-likeness (QED) is 0.852. The largest absolute Gasteiger partial charge is 0.374 e. The summed E-state index contributed by atoms with van der Waals surface area (Å²) in [6.07, 6.45) is 0.0343. The molecular weight excluding hydrogens is 332 g/mol. The Morgan fingerprint density at radius 2 is 2.12 bits per heavy atom. The first-order valence-corrected chi connectivity index (χ1v) is 9.04. The number of nitrogens with one attached hydrogen (secondary N) is 1. The molecular formula is C19H26N4O3. The Bertz CT molecular complexity index is 727. The van der Waals surface area contributed by atoms with Crippen LogP contribution in [0.25, 0.3) is 11.5 Å². The highest BCUT2D eigenvalue weighted by atomic mass is 16.5. The van der Waals surface area contributed by atoms with Gasteiger partial charge in [0.15, 0.2) is 5.82 Å². The SMILES string of the molecule is Cc1noc(-c2ccc(C(=O)NCC3CN(CC(C)C)CCO3)cc2)n1. The van der Waals surface area contributed by atoms with Crippen molar-refractivity contribution in [3.05, 3.63) is 35.7 Å². The van der Waals surface area contributed by atoms with E-state index in [0.717, 1.165) is 25.2 Å². The molecule has 1 aromatic heterocycles. The molecule has 1 amide bonds. The molecule has 1 aliphatic heterocycles. The summed E-state index contributed by atoms with van der Waals surface area (Å²) < 4.78 is 10.9. The lowest BCUT2D eigenvalue weighted by Gasteiger charge is -2.33. The van der Waals surface area contributed by atoms with Crippen molar-refractivity contribution in [3.8, 4) is 11.5 Å². The monoisotopic (exact) mass is 358 g/mol. The van der Waals surface area contributed by atoms with Gasteiger partial charge in [0.1, 0.15) is 0 Å². The van der Waals surface area contributed by atoms with Gasteiger partial charge < -0.3 is 14.6 Å². The summed E-state index contributed by atoms with van der Waals surface area (Å²) in [5.74, 6) is 1.56. The molecule has 1 N–H and O–H groups in total. The van der Waals surface area contributed by atoms with Gasteiger partial charge in [0, 0.05) is 37.3 Å². The lowest BCUT2D eigenvalue weighted by atomic mass is 10.1. The van der Waals surface area contributed by atoms with Gasteiger partial charge in [0.05, 0.1) is 12.7 Å². The minimum atomic E-state index is -0.108. The maximum atomic E-state index is 12.4. The molecule has 2 heterocycles. The van der Waals surface area contributed by atoms with Gasteiger partial charge in [-0.1, -0.05) is 19.0 Å². The van der Waals surface area contributed by atoms with E-state index >= 15 is 0 Å². The van der Waals surface area contributed by atoms with Gasteiger partial charge in [-0.2, -0.15) is 4.98 Å². The molecule has 26 heavy (non-hydrogen) atoms. The second-order valence-electron chi connectivity index (χ2n) is 7.08. The van der Waals surface area contributed by atoms with E-state index in [9.17, 15) is 4.79 Å². The number of aromatic nitrogens is 2. The fraction of sp³-hybridized carbons (Fsp3) is 0.526. The Labute approximate surface area is 153 Å². The number of hydrogen-bond acceptors (Lipinski definition) is 6. The number of carbonyl (C=O) groups is 1. The number of ether oxygens (including phenoxy) is 1. The van der Waals surface area contributed by atoms with Gasteiger partial charge in [-0.05, 0) is 37.1 Å². The normalized spacial score (nSPS) is 18.2. The molecule has 0 spiro atoms. The van der Waals surface area contributed by atoms with Crippen molar-refractivity contribution < 1.29 is 14.1 Å². The third-order valence-corrected chi connectivity index (χ3v) is 4.26. The summed E-state index contributed by atoms with van der Waals surface area (Å²) in [7, 11) is 0. The lowest BCUT2D eigenvalue weighted by molar-refractivity contribution is -0.0295. The number of benzene rings is 1. The molecule has 7 heteroatoms. The van der Waals surface area contributed by atoms with Crippen LogP contribution in [-0.2, 0) is 4.74 Å². The Balaban J connectivity index is 1.52. The van der Waals surface area contributed by atoms with Gasteiger partial charge in [0.25, 0.3) is 11.8 Å². The van der Waals surface area contributed by atoms with Crippen LogP contribution in [-0.4, -0.2) is 59.8 Å². The number of amides is 1. The second-order valence-corrected chi connectivity index (χ2v) is 7.08. The molecule has 3 rings (SSSR count). The van der Waals surface area contributed by atoms with E-state index in [0.29, 0.717) is 36.3 Å². The van der Waals surface area contributed by atoms with Crippen molar-refractivity contribution in [1.29, 1.82) is 0 Å². The molecule has 0 aliphatic carbocycles. The molecule has 0 bridgehead atoms. The number of morpholine rings is 1. The Kier molecular flexibility index (Phi) is 6.00. The fourth-order valence-electron chi connectivity index (χ4n) is 3.07. The third-order valence-electron chi connectivity index (χ3n) is 4.26. The van der Waals surface area contributed by atoms with Crippen molar-refractivity contribution in [1.82, 2.24) is 20.4 Å². The van der Waals surface area contributed by atoms with Crippen molar-refractivity contribution >= 4 is 5.91 Å². The number of nitrogens with zero attached hydrogens (tertiary/aromatic N) is 3. The molecule has 0 radical (unpaired) electrons. The highest BCUT2D eigenvalue weighted by Gasteiger charge is 2.21. The summed E-state index contributed by atoms with van der Waals surface area (Å²) in [4.78, 5) is 18.9. The third kappa shape index (κ3) is 4.89. The van der Waals surface area contributed by atoms with Crippen molar-refractivity contribution in [3.63, 3.8) is 0 Å². The van der Waals surface area contributed by atoms with Crippen LogP contribution in [0.15, 0.2) is 28.8 Å². The first-order valence-electron chi connectivity index (χ1n) is 9.04. The van der Waals surface area contributed by atoms with Crippen LogP contribution < -0.4 is 5.32 Å². The first kappa shape index (κ1) is 18.5. The van der Waals surface area contributed by atoms with Gasteiger partial charge in [-0.15, -0.1) is 0 Å². The van der Waals surface area contributed by atoms with Crippen molar-refractivity contribution in [2.45, 2.75) is 26.9 Å². The summed E-state index contributed by atoms with van der Waals surface area (Å²) in [5.41, 5.74) is 1.39. The molecule has 1 fully saturated rings. The molecule has 1 atom stereocenters. The Morgan fingerprint density at radius 1 is 1.35 bits per heavy atom. The van der Waals surface area contributed by atoms with E-state index in [4.69, 9.17) is 9.26 Å². The molecule has 1 saturated heterocycles. The predicted molar refractivity (Wildman–Crippen MR) is 97.8 cm³/mol. The standard InChI is InChI=1S/C19H26N4O3/c1-13(2)11-23-8-9-25-17(12-23)10-20-18(24)15-4-6-16(7-5-15)19-21-14(3)22-26-19/h4-7,13,17H,8-12H2,1-3H3,(H,20,24). The Hall–Kier alpha value is -2.25. The van der Waals surface area contributed by atoms with Crippen LogP contribution >= 0.6 is 0 Å². The maximum Gasteiger partial charge on any atom is 0.257 e. The number of carbonyl (C=O) groups excluding carboxylic acids is 1. The zero-order chi connectivity index (χ0) is 18.5. The second kappa shape index (κ2) is 8.42. The molecule has 0 saturated carbocycles. The van der Waals surface area contributed by atoms with E-state index < -0.39 is 0 Å². The average molecular weight is 358 g/mol. The van der Waals surface area contributed by atoms with Crippen LogP contribution in [0.2, 0.25) is 0 Å². The molecule has 1 aliphatic rings. The van der Waals surface area contributed by atoms with Crippen LogP contribution in [0, 0.1) is 12.8 Å². The topological polar surface area (TPSA) is 80.5 Å². The summed E-state index contributed by atoms with van der Waals surface area (Å²) >= 11 is 0. The number of aryl methyl sites for hydroxylation is 1. The average Bonchev–Trinajstić information content (AvgIpc) is 3.06. The minimum Gasteiger partial charge on any atom is -0.374 e. The molecule has 140 valence electrons. The smallest absolute Gasteiger partial charge is 0.257 e. The number of hydrogen-bond donors (Lipinski definition) is 1.